The number of rotatable bonds is 5. The molecule has 0 atom stereocenters. The molecule has 0 aliphatic carbocycles. The lowest BCUT2D eigenvalue weighted by Crippen LogP contribution is -2.35. The number of benzene rings is 1. The molecule has 0 aliphatic rings. The van der Waals surface area contributed by atoms with Crippen LogP contribution >= 0.6 is 0 Å². The first-order valence-electron chi connectivity index (χ1n) is 10.8. The van der Waals surface area contributed by atoms with Gasteiger partial charge in [0.15, 0.2) is 5.65 Å². The Kier molecular flexibility index (Phi) is 6.06. The van der Waals surface area contributed by atoms with Crippen molar-refractivity contribution in [2.24, 2.45) is 0 Å². The highest BCUT2D eigenvalue weighted by Crippen LogP contribution is 2.26. The van der Waals surface area contributed by atoms with Crippen molar-refractivity contribution >= 4 is 23.5 Å². The second kappa shape index (κ2) is 8.97. The molecular formula is C24H26N6O4. The van der Waals surface area contributed by atoms with Crippen LogP contribution in [-0.2, 0) is 9.47 Å². The quantitative estimate of drug-likeness (QED) is 0.411. The van der Waals surface area contributed by atoms with Gasteiger partial charge < -0.3 is 9.47 Å². The number of nitrogens with zero attached hydrogens (tertiary/aromatic N) is 6. The molecule has 0 aliphatic heterocycles. The van der Waals surface area contributed by atoms with Gasteiger partial charge in [-0.1, -0.05) is 18.2 Å². The largest absolute Gasteiger partial charge is 0.462 e. The van der Waals surface area contributed by atoms with E-state index < -0.39 is 17.7 Å². The van der Waals surface area contributed by atoms with E-state index in [1.807, 2.05) is 42.6 Å². The molecule has 1 amide bonds. The lowest BCUT2D eigenvalue weighted by molar-refractivity contribution is 0.0527. The highest BCUT2D eigenvalue weighted by Gasteiger charge is 2.26. The smallest absolute Gasteiger partial charge is 0.415 e. The lowest BCUT2D eigenvalue weighted by Gasteiger charge is -2.25. The normalized spacial score (nSPS) is 11.4. The van der Waals surface area contributed by atoms with Gasteiger partial charge in [0.2, 0.25) is 0 Å². The van der Waals surface area contributed by atoms with Gasteiger partial charge in [0.1, 0.15) is 22.7 Å². The molecule has 0 bridgehead atoms. The number of hydrogen-bond acceptors (Lipinski definition) is 7. The first kappa shape index (κ1) is 23.0. The second-order valence-electron chi connectivity index (χ2n) is 8.53. The fourth-order valence-electron chi connectivity index (χ4n) is 3.28. The lowest BCUT2D eigenvalue weighted by atomic mass is 10.2. The second-order valence-corrected chi connectivity index (χ2v) is 8.53. The van der Waals surface area contributed by atoms with Gasteiger partial charge >= 0.3 is 12.1 Å². The van der Waals surface area contributed by atoms with Crippen LogP contribution in [0.1, 0.15) is 38.1 Å². The van der Waals surface area contributed by atoms with E-state index in [0.717, 1.165) is 5.69 Å². The van der Waals surface area contributed by atoms with Crippen molar-refractivity contribution in [1.29, 1.82) is 0 Å². The predicted octanol–water partition coefficient (Wildman–Crippen LogP) is 4.13. The van der Waals surface area contributed by atoms with Crippen LogP contribution < -0.4 is 4.90 Å². The Labute approximate surface area is 196 Å². The highest BCUT2D eigenvalue weighted by atomic mass is 16.6. The number of hydrogen-bond donors (Lipinski definition) is 0. The monoisotopic (exact) mass is 462 g/mol. The number of aromatic nitrogens is 5. The van der Waals surface area contributed by atoms with E-state index in [9.17, 15) is 9.59 Å². The van der Waals surface area contributed by atoms with Gasteiger partial charge in [0.25, 0.3) is 0 Å². The van der Waals surface area contributed by atoms with E-state index in [-0.39, 0.29) is 17.8 Å². The van der Waals surface area contributed by atoms with E-state index in [2.05, 4.69) is 15.2 Å². The molecule has 0 radical (unpaired) electrons. The van der Waals surface area contributed by atoms with E-state index in [0.29, 0.717) is 17.2 Å². The van der Waals surface area contributed by atoms with Gasteiger partial charge in [-0.2, -0.15) is 14.7 Å². The Bertz CT molecular complexity index is 1340. The molecule has 10 nitrogen and oxygen atoms in total. The Morgan fingerprint density at radius 2 is 1.82 bits per heavy atom. The standard InChI is InChI=1S/C24H26N6O4/c1-6-33-22(31)17-15-25-30-20(28(5)23(32)34-24(2,3)4)14-19(26-21(17)30)18-12-13-29(27-18)16-10-8-7-9-11-16/h7-15H,6H2,1-5H3. The molecule has 0 saturated heterocycles. The fourth-order valence-corrected chi connectivity index (χ4v) is 3.28. The minimum absolute atomic E-state index is 0.185. The van der Waals surface area contributed by atoms with Crippen LogP contribution in [0.2, 0.25) is 0 Å². The minimum Gasteiger partial charge on any atom is -0.462 e. The molecule has 3 heterocycles. The van der Waals surface area contributed by atoms with Crippen LogP contribution in [0, 0.1) is 0 Å². The average Bonchev–Trinajstić information content (AvgIpc) is 3.45. The summed E-state index contributed by atoms with van der Waals surface area (Å²) in [5.74, 6) is -0.193. The summed E-state index contributed by atoms with van der Waals surface area (Å²) < 4.78 is 13.8. The highest BCUT2D eigenvalue weighted by molar-refractivity contribution is 5.97. The van der Waals surface area contributed by atoms with Crippen molar-refractivity contribution in [3.8, 4) is 17.1 Å². The predicted molar refractivity (Wildman–Crippen MR) is 126 cm³/mol. The first-order chi connectivity index (χ1) is 16.2. The third-order valence-corrected chi connectivity index (χ3v) is 4.83. The van der Waals surface area contributed by atoms with Crippen LogP contribution in [0.5, 0.6) is 0 Å². The molecule has 10 heteroatoms. The zero-order valence-electron chi connectivity index (χ0n) is 19.7. The number of anilines is 1. The van der Waals surface area contributed by atoms with E-state index in [4.69, 9.17) is 9.47 Å². The summed E-state index contributed by atoms with van der Waals surface area (Å²) in [5.41, 5.74) is 1.65. The number of carbonyl (C=O) groups excluding carboxylic acids is 2. The third kappa shape index (κ3) is 4.61. The molecule has 1 aromatic carbocycles. The summed E-state index contributed by atoms with van der Waals surface area (Å²) in [5, 5.41) is 8.92. The Hall–Kier alpha value is -4.21. The zero-order valence-corrected chi connectivity index (χ0v) is 19.7. The summed E-state index contributed by atoms with van der Waals surface area (Å²) in [6.07, 6.45) is 2.61. The van der Waals surface area contributed by atoms with Gasteiger partial charge in [-0.15, -0.1) is 0 Å². The van der Waals surface area contributed by atoms with E-state index in [1.165, 1.54) is 15.6 Å². The number of fused-ring (bicyclic) bond motifs is 1. The number of para-hydroxylation sites is 1. The van der Waals surface area contributed by atoms with E-state index >= 15 is 0 Å². The fraction of sp³-hybridized carbons (Fsp3) is 0.292. The van der Waals surface area contributed by atoms with Crippen molar-refractivity contribution in [1.82, 2.24) is 24.4 Å². The van der Waals surface area contributed by atoms with Crippen LogP contribution in [0.3, 0.4) is 0 Å². The van der Waals surface area contributed by atoms with Gasteiger partial charge in [0, 0.05) is 19.3 Å². The number of amides is 1. The topological polar surface area (TPSA) is 104 Å². The van der Waals surface area contributed by atoms with Crippen molar-refractivity contribution < 1.29 is 19.1 Å². The Morgan fingerprint density at radius 3 is 2.50 bits per heavy atom. The molecular weight excluding hydrogens is 436 g/mol. The van der Waals surface area contributed by atoms with Gasteiger partial charge in [-0.05, 0) is 45.9 Å². The summed E-state index contributed by atoms with van der Waals surface area (Å²) in [6, 6.07) is 13.1. The van der Waals surface area contributed by atoms with Crippen LogP contribution in [0.25, 0.3) is 22.7 Å². The Balaban J connectivity index is 1.84. The summed E-state index contributed by atoms with van der Waals surface area (Å²) in [4.78, 5) is 31.3. The molecule has 0 saturated carbocycles. The van der Waals surface area contributed by atoms with Crippen LogP contribution in [0.4, 0.5) is 10.6 Å². The van der Waals surface area contributed by atoms with Crippen LogP contribution in [0.15, 0.2) is 54.9 Å². The maximum Gasteiger partial charge on any atom is 0.415 e. The summed E-state index contributed by atoms with van der Waals surface area (Å²) in [7, 11) is 1.57. The molecule has 176 valence electrons. The Morgan fingerprint density at radius 1 is 1.09 bits per heavy atom. The zero-order chi connectivity index (χ0) is 24.5. The molecule has 0 spiro atoms. The van der Waals surface area contributed by atoms with Gasteiger partial charge in [-0.25, -0.2) is 19.3 Å². The molecule has 0 unspecified atom stereocenters. The molecule has 34 heavy (non-hydrogen) atoms. The molecule has 0 N–H and O–H groups in total. The van der Waals surface area contributed by atoms with Gasteiger partial charge in [0.05, 0.1) is 24.2 Å². The van der Waals surface area contributed by atoms with Crippen LogP contribution in [-0.4, -0.2) is 55.7 Å². The van der Waals surface area contributed by atoms with Crippen molar-refractivity contribution in [2.45, 2.75) is 33.3 Å². The average molecular weight is 463 g/mol. The minimum atomic E-state index is -0.686. The maximum atomic E-state index is 12.8. The number of ether oxygens (including phenoxy) is 2. The SMILES string of the molecule is CCOC(=O)c1cnn2c(N(C)C(=O)OC(C)(C)C)cc(-c3ccn(-c4ccccc4)n3)nc12. The maximum absolute atomic E-state index is 12.8. The number of carbonyl (C=O) groups is 2. The molecule has 4 rings (SSSR count). The summed E-state index contributed by atoms with van der Waals surface area (Å²) in [6.45, 7) is 7.29. The first-order valence-corrected chi connectivity index (χ1v) is 10.8. The van der Waals surface area contributed by atoms with Crippen molar-refractivity contribution in [3.05, 3.63) is 60.4 Å². The third-order valence-electron chi connectivity index (χ3n) is 4.83. The number of esters is 1. The van der Waals surface area contributed by atoms with E-state index in [1.54, 1.807) is 45.5 Å². The van der Waals surface area contributed by atoms with Crippen molar-refractivity contribution in [2.75, 3.05) is 18.6 Å². The van der Waals surface area contributed by atoms with Gasteiger partial charge in [-0.3, -0.25) is 4.90 Å². The summed E-state index contributed by atoms with van der Waals surface area (Å²) >= 11 is 0. The molecule has 3 aromatic heterocycles. The molecule has 4 aromatic rings. The molecule has 0 fully saturated rings. The van der Waals surface area contributed by atoms with Crippen molar-refractivity contribution in [3.63, 3.8) is 0 Å².